The van der Waals surface area contributed by atoms with Crippen molar-refractivity contribution in [1.29, 1.82) is 5.26 Å². The Labute approximate surface area is 126 Å². The van der Waals surface area contributed by atoms with Crippen molar-refractivity contribution < 1.29 is 8.42 Å². The summed E-state index contributed by atoms with van der Waals surface area (Å²) in [5.41, 5.74) is 0.455. The molecule has 21 heavy (non-hydrogen) atoms. The largest absolute Gasteiger partial charge is 0.303 e. The lowest BCUT2D eigenvalue weighted by Gasteiger charge is -2.20. The second-order valence-corrected chi connectivity index (χ2v) is 7.37. The third kappa shape index (κ3) is 4.53. The normalized spacial score (nSPS) is 17.5. The molecule has 1 fully saturated rings. The van der Waals surface area contributed by atoms with E-state index in [9.17, 15) is 8.42 Å². The van der Waals surface area contributed by atoms with Gasteiger partial charge in [0.2, 0.25) is 10.0 Å². The van der Waals surface area contributed by atoms with E-state index in [4.69, 9.17) is 5.26 Å². The number of hydrogen-bond acceptors (Lipinski definition) is 4. The molecule has 0 aromatic heterocycles. The molecule has 0 aliphatic carbocycles. The molecule has 1 aromatic rings. The molecule has 6 heteroatoms. The van der Waals surface area contributed by atoms with Crippen LogP contribution in [-0.2, 0) is 10.0 Å². The Hall–Kier alpha value is -1.42. The van der Waals surface area contributed by atoms with Crippen molar-refractivity contribution in [1.82, 2.24) is 9.62 Å². The zero-order valence-electron chi connectivity index (χ0n) is 12.2. The maximum Gasteiger partial charge on any atom is 0.240 e. The topological polar surface area (TPSA) is 73.2 Å². The van der Waals surface area contributed by atoms with Crippen LogP contribution in [0.1, 0.15) is 25.3 Å². The second kappa shape index (κ2) is 7.03. The summed E-state index contributed by atoms with van der Waals surface area (Å²) in [6.07, 6.45) is 2.48. The molecule has 2 rings (SSSR count). The van der Waals surface area contributed by atoms with Crippen molar-refractivity contribution in [2.75, 3.05) is 26.2 Å². The SMILES string of the molecule is CC(CNS(=O)(=O)c1ccc(C#N)cc1)CN1CCCC1. The van der Waals surface area contributed by atoms with Crippen molar-refractivity contribution in [3.8, 4) is 6.07 Å². The maximum absolute atomic E-state index is 12.2. The zero-order chi connectivity index (χ0) is 15.3. The van der Waals surface area contributed by atoms with Gasteiger partial charge in [-0.05, 0) is 56.1 Å². The molecule has 114 valence electrons. The van der Waals surface area contributed by atoms with Gasteiger partial charge >= 0.3 is 0 Å². The monoisotopic (exact) mass is 307 g/mol. The van der Waals surface area contributed by atoms with Crippen LogP contribution in [-0.4, -0.2) is 39.5 Å². The minimum Gasteiger partial charge on any atom is -0.303 e. The number of rotatable bonds is 6. The Balaban J connectivity index is 1.89. The van der Waals surface area contributed by atoms with Gasteiger partial charge in [-0.1, -0.05) is 6.92 Å². The lowest BCUT2D eigenvalue weighted by atomic mass is 10.2. The van der Waals surface area contributed by atoms with Crippen LogP contribution < -0.4 is 4.72 Å². The molecule has 1 unspecified atom stereocenters. The highest BCUT2D eigenvalue weighted by Gasteiger charge is 2.18. The first-order valence-electron chi connectivity index (χ1n) is 7.23. The smallest absolute Gasteiger partial charge is 0.240 e. The van der Waals surface area contributed by atoms with E-state index in [1.165, 1.54) is 37.1 Å². The molecule has 1 aliphatic rings. The van der Waals surface area contributed by atoms with Crippen molar-refractivity contribution in [3.63, 3.8) is 0 Å². The minimum atomic E-state index is -3.49. The zero-order valence-corrected chi connectivity index (χ0v) is 13.1. The van der Waals surface area contributed by atoms with E-state index in [2.05, 4.69) is 16.5 Å². The number of nitrogens with one attached hydrogen (secondary N) is 1. The molecule has 0 saturated carbocycles. The molecule has 1 atom stereocenters. The van der Waals surface area contributed by atoms with Crippen molar-refractivity contribution in [2.45, 2.75) is 24.7 Å². The van der Waals surface area contributed by atoms with Gasteiger partial charge < -0.3 is 4.90 Å². The average Bonchev–Trinajstić information content (AvgIpc) is 2.98. The third-order valence-electron chi connectivity index (χ3n) is 3.68. The average molecular weight is 307 g/mol. The van der Waals surface area contributed by atoms with Crippen molar-refractivity contribution in [2.24, 2.45) is 5.92 Å². The molecule has 1 N–H and O–H groups in total. The van der Waals surface area contributed by atoms with Gasteiger partial charge in [0.25, 0.3) is 0 Å². The van der Waals surface area contributed by atoms with Gasteiger partial charge in [0.05, 0.1) is 16.5 Å². The van der Waals surface area contributed by atoms with Gasteiger partial charge in [0.15, 0.2) is 0 Å². The Morgan fingerprint density at radius 2 is 1.90 bits per heavy atom. The van der Waals surface area contributed by atoms with E-state index in [1.807, 2.05) is 6.07 Å². The fraction of sp³-hybridized carbons (Fsp3) is 0.533. The fourth-order valence-corrected chi connectivity index (χ4v) is 3.68. The van der Waals surface area contributed by atoms with Crippen molar-refractivity contribution in [3.05, 3.63) is 29.8 Å². The molecule has 1 saturated heterocycles. The van der Waals surface area contributed by atoms with Crippen LogP contribution in [0.4, 0.5) is 0 Å². The first-order valence-corrected chi connectivity index (χ1v) is 8.72. The Morgan fingerprint density at radius 3 is 2.48 bits per heavy atom. The van der Waals surface area contributed by atoms with E-state index in [0.717, 1.165) is 19.6 Å². The summed E-state index contributed by atoms with van der Waals surface area (Å²) in [7, 11) is -3.49. The Morgan fingerprint density at radius 1 is 1.29 bits per heavy atom. The second-order valence-electron chi connectivity index (χ2n) is 5.60. The summed E-state index contributed by atoms with van der Waals surface area (Å²) >= 11 is 0. The number of nitrogens with zero attached hydrogens (tertiary/aromatic N) is 2. The summed E-state index contributed by atoms with van der Waals surface area (Å²) < 4.78 is 27.0. The maximum atomic E-state index is 12.2. The molecule has 0 spiro atoms. The van der Waals surface area contributed by atoms with E-state index in [0.29, 0.717) is 12.1 Å². The number of benzene rings is 1. The molecule has 0 radical (unpaired) electrons. The molecule has 1 aromatic carbocycles. The lowest BCUT2D eigenvalue weighted by Crippen LogP contribution is -2.34. The first-order chi connectivity index (χ1) is 10.0. The van der Waals surface area contributed by atoms with E-state index in [-0.39, 0.29) is 10.8 Å². The fourth-order valence-electron chi connectivity index (χ4n) is 2.51. The summed E-state index contributed by atoms with van der Waals surface area (Å²) in [4.78, 5) is 2.58. The van der Waals surface area contributed by atoms with Gasteiger partial charge in [0, 0.05) is 13.1 Å². The highest BCUT2D eigenvalue weighted by atomic mass is 32.2. The Bertz CT molecular complexity index is 599. The van der Waals surface area contributed by atoms with Crippen LogP contribution in [0.5, 0.6) is 0 Å². The van der Waals surface area contributed by atoms with Gasteiger partial charge in [-0.15, -0.1) is 0 Å². The summed E-state index contributed by atoms with van der Waals surface area (Å²) in [6, 6.07) is 7.94. The van der Waals surface area contributed by atoms with Gasteiger partial charge in [-0.25, -0.2) is 13.1 Å². The molecule has 5 nitrogen and oxygen atoms in total. The summed E-state index contributed by atoms with van der Waals surface area (Å²) in [5, 5.41) is 8.72. The van der Waals surface area contributed by atoms with E-state index >= 15 is 0 Å². The van der Waals surface area contributed by atoms with E-state index < -0.39 is 10.0 Å². The minimum absolute atomic E-state index is 0.204. The highest BCUT2D eigenvalue weighted by molar-refractivity contribution is 7.89. The standard InChI is InChI=1S/C15H21N3O2S/c1-13(12-18-8-2-3-9-18)11-17-21(19,20)15-6-4-14(10-16)5-7-15/h4-7,13,17H,2-3,8-9,11-12H2,1H3. The number of nitriles is 1. The van der Waals surface area contributed by atoms with Crippen LogP contribution in [0.2, 0.25) is 0 Å². The lowest BCUT2D eigenvalue weighted by molar-refractivity contribution is 0.288. The van der Waals surface area contributed by atoms with Crippen LogP contribution in [0.15, 0.2) is 29.2 Å². The molecule has 0 bridgehead atoms. The van der Waals surface area contributed by atoms with Gasteiger partial charge in [-0.3, -0.25) is 0 Å². The van der Waals surface area contributed by atoms with Crippen LogP contribution >= 0.6 is 0 Å². The predicted octanol–water partition coefficient (Wildman–Crippen LogP) is 1.57. The van der Waals surface area contributed by atoms with Crippen molar-refractivity contribution >= 4 is 10.0 Å². The molecular weight excluding hydrogens is 286 g/mol. The Kier molecular flexibility index (Phi) is 5.34. The summed E-state index contributed by atoms with van der Waals surface area (Å²) in [5.74, 6) is 0.274. The van der Waals surface area contributed by atoms with Gasteiger partial charge in [-0.2, -0.15) is 5.26 Å². The molecule has 1 heterocycles. The quantitative estimate of drug-likeness (QED) is 0.866. The number of likely N-dealkylation sites (tertiary alicyclic amines) is 1. The molecule has 0 amide bonds. The predicted molar refractivity (Wildman–Crippen MR) is 81.2 cm³/mol. The first kappa shape index (κ1) is 16.0. The number of hydrogen-bond donors (Lipinski definition) is 1. The summed E-state index contributed by atoms with van der Waals surface area (Å²) in [6.45, 7) is 5.65. The third-order valence-corrected chi connectivity index (χ3v) is 5.12. The van der Waals surface area contributed by atoms with Gasteiger partial charge in [0.1, 0.15) is 0 Å². The highest BCUT2D eigenvalue weighted by Crippen LogP contribution is 2.12. The van der Waals surface area contributed by atoms with Crippen LogP contribution in [0, 0.1) is 17.2 Å². The van der Waals surface area contributed by atoms with E-state index in [1.54, 1.807) is 0 Å². The number of sulfonamides is 1. The molecular formula is C15H21N3O2S. The van der Waals surface area contributed by atoms with Crippen LogP contribution in [0.25, 0.3) is 0 Å². The molecule has 1 aliphatic heterocycles. The van der Waals surface area contributed by atoms with Crippen LogP contribution in [0.3, 0.4) is 0 Å².